The quantitative estimate of drug-likeness (QED) is 0.440. The van der Waals surface area contributed by atoms with Crippen LogP contribution in [0, 0.1) is 0 Å². The van der Waals surface area contributed by atoms with E-state index in [2.05, 4.69) is 14.8 Å². The van der Waals surface area contributed by atoms with Crippen molar-refractivity contribution >= 4 is 11.9 Å². The summed E-state index contributed by atoms with van der Waals surface area (Å²) < 4.78 is 0. The highest BCUT2D eigenvalue weighted by molar-refractivity contribution is 5.95. The van der Waals surface area contributed by atoms with Gasteiger partial charge in [-0.2, -0.15) is 4.89 Å². The fourth-order valence-corrected chi connectivity index (χ4v) is 0.658. The van der Waals surface area contributed by atoms with E-state index < -0.39 is 17.5 Å². The van der Waals surface area contributed by atoms with E-state index in [4.69, 9.17) is 5.11 Å². The van der Waals surface area contributed by atoms with E-state index in [1.165, 1.54) is 0 Å². The van der Waals surface area contributed by atoms with Crippen molar-refractivity contribution in [2.24, 2.45) is 0 Å². The van der Waals surface area contributed by atoms with Crippen LogP contribution in [0.15, 0.2) is 11.6 Å². The number of carbonyl (C=O) groups excluding carboxylic acids is 1. The maximum absolute atomic E-state index is 11.2. The summed E-state index contributed by atoms with van der Waals surface area (Å²) in [5.41, 5.74) is -0.631. The molecule has 1 N–H and O–H groups in total. The molecule has 0 heterocycles. The van der Waals surface area contributed by atoms with E-state index in [9.17, 15) is 9.59 Å². The highest BCUT2D eigenvalue weighted by atomic mass is 17.5. The van der Waals surface area contributed by atoms with E-state index in [1.54, 1.807) is 27.7 Å². The Morgan fingerprint density at radius 1 is 1.31 bits per heavy atom. The molecule has 0 spiro atoms. The number of carbonyl (C=O) groups is 2. The van der Waals surface area contributed by atoms with Crippen LogP contribution in [0.2, 0.25) is 0 Å². The maximum Gasteiger partial charge on any atom is 0.372 e. The van der Waals surface area contributed by atoms with Crippen molar-refractivity contribution in [2.75, 3.05) is 0 Å². The van der Waals surface area contributed by atoms with Crippen LogP contribution in [0.3, 0.4) is 0 Å². The van der Waals surface area contributed by atoms with Crippen molar-refractivity contribution in [1.82, 2.24) is 0 Å². The maximum atomic E-state index is 11.2. The highest BCUT2D eigenvalue weighted by Gasteiger charge is 2.16. The van der Waals surface area contributed by atoms with Crippen LogP contribution in [-0.2, 0) is 24.4 Å². The minimum atomic E-state index is -1.22. The van der Waals surface area contributed by atoms with E-state index in [0.29, 0.717) is 0 Å². The second-order valence-electron chi connectivity index (χ2n) is 4.00. The van der Waals surface area contributed by atoms with Crippen molar-refractivity contribution in [3.8, 4) is 0 Å². The number of hydrogen-bond donors (Lipinski definition) is 1. The zero-order valence-corrected chi connectivity index (χ0v) is 9.77. The molecule has 0 atom stereocenters. The predicted molar refractivity (Wildman–Crippen MR) is 54.0 cm³/mol. The van der Waals surface area contributed by atoms with Gasteiger partial charge in [-0.3, -0.25) is 4.89 Å². The Bertz CT molecular complexity index is 286. The zero-order chi connectivity index (χ0) is 12.8. The van der Waals surface area contributed by atoms with Crippen molar-refractivity contribution in [2.45, 2.75) is 39.7 Å². The molecule has 0 unspecified atom stereocenters. The van der Waals surface area contributed by atoms with Gasteiger partial charge in [-0.05, 0) is 32.2 Å². The SMILES string of the molecule is CCC(=CC(=O)O)C(=O)OOOC(C)(C)C. The monoisotopic (exact) mass is 232 g/mol. The fraction of sp³-hybridized carbons (Fsp3) is 0.600. The van der Waals surface area contributed by atoms with Crippen LogP contribution in [0.5, 0.6) is 0 Å². The first-order valence-corrected chi connectivity index (χ1v) is 4.76. The lowest BCUT2D eigenvalue weighted by Crippen LogP contribution is -2.21. The Morgan fingerprint density at radius 3 is 2.25 bits per heavy atom. The first-order chi connectivity index (χ1) is 7.26. The summed E-state index contributed by atoms with van der Waals surface area (Å²) in [7, 11) is 0. The number of carboxylic acids is 1. The molecular weight excluding hydrogens is 216 g/mol. The molecule has 0 aromatic heterocycles. The first kappa shape index (κ1) is 14.6. The van der Waals surface area contributed by atoms with Gasteiger partial charge in [0.05, 0.1) is 5.60 Å². The van der Waals surface area contributed by atoms with Gasteiger partial charge in [0.2, 0.25) is 0 Å². The van der Waals surface area contributed by atoms with Crippen LogP contribution in [0.4, 0.5) is 0 Å². The number of carboxylic acid groups (broad SMARTS) is 1. The van der Waals surface area contributed by atoms with E-state index >= 15 is 0 Å². The van der Waals surface area contributed by atoms with Crippen LogP contribution in [0.25, 0.3) is 0 Å². The van der Waals surface area contributed by atoms with Gasteiger partial charge in [0.25, 0.3) is 0 Å². The third kappa shape index (κ3) is 6.97. The Balaban J connectivity index is 4.19. The van der Waals surface area contributed by atoms with E-state index in [-0.39, 0.29) is 12.0 Å². The van der Waals surface area contributed by atoms with E-state index in [1.807, 2.05) is 0 Å². The smallest absolute Gasteiger partial charge is 0.372 e. The zero-order valence-electron chi connectivity index (χ0n) is 9.77. The van der Waals surface area contributed by atoms with Gasteiger partial charge < -0.3 is 5.11 Å². The van der Waals surface area contributed by atoms with Gasteiger partial charge in [0.15, 0.2) is 0 Å². The normalized spacial score (nSPS) is 12.4. The Labute approximate surface area is 93.7 Å². The summed E-state index contributed by atoms with van der Waals surface area (Å²) in [4.78, 5) is 30.5. The molecule has 6 heteroatoms. The van der Waals surface area contributed by atoms with Gasteiger partial charge in [-0.25, -0.2) is 9.59 Å². The van der Waals surface area contributed by atoms with Gasteiger partial charge in [-0.15, -0.1) is 0 Å². The molecule has 0 aliphatic rings. The largest absolute Gasteiger partial charge is 0.478 e. The summed E-state index contributed by atoms with van der Waals surface area (Å²) in [6, 6.07) is 0. The van der Waals surface area contributed by atoms with Crippen LogP contribution < -0.4 is 0 Å². The summed E-state index contributed by atoms with van der Waals surface area (Å²) in [6.45, 7) is 6.73. The molecular formula is C10H16O6. The van der Waals surface area contributed by atoms with Crippen molar-refractivity contribution < 1.29 is 29.5 Å². The third-order valence-corrected chi connectivity index (χ3v) is 1.33. The second kappa shape index (κ2) is 6.24. The number of rotatable bonds is 5. The van der Waals surface area contributed by atoms with Crippen LogP contribution in [-0.4, -0.2) is 22.6 Å². The average Bonchev–Trinajstić information content (AvgIpc) is 2.11. The Kier molecular flexibility index (Phi) is 5.69. The first-order valence-electron chi connectivity index (χ1n) is 4.76. The van der Waals surface area contributed by atoms with E-state index in [0.717, 1.165) is 6.08 Å². The molecule has 0 fully saturated rings. The molecule has 0 aromatic carbocycles. The summed E-state index contributed by atoms with van der Waals surface area (Å²) in [5.74, 6) is -2.10. The molecule has 92 valence electrons. The standard InChI is InChI=1S/C10H16O6/c1-5-7(6-8(11)12)9(13)14-16-15-10(2,3)4/h6H,5H2,1-4H3,(H,11,12). The van der Waals surface area contributed by atoms with Crippen LogP contribution in [0.1, 0.15) is 34.1 Å². The minimum absolute atomic E-state index is 0.00925. The predicted octanol–water partition coefficient (Wildman–Crippen LogP) is 1.61. The molecule has 0 aliphatic heterocycles. The lowest BCUT2D eigenvalue weighted by Gasteiger charge is -2.15. The molecule has 0 saturated heterocycles. The number of aliphatic carboxylic acids is 1. The van der Waals surface area contributed by atoms with Gasteiger partial charge >= 0.3 is 11.9 Å². The molecule has 16 heavy (non-hydrogen) atoms. The molecule has 0 radical (unpaired) electrons. The Morgan fingerprint density at radius 2 is 1.88 bits per heavy atom. The topological polar surface area (TPSA) is 82.1 Å². The Hall–Kier alpha value is -1.40. The number of hydrogen-bond acceptors (Lipinski definition) is 5. The summed E-state index contributed by atoms with van der Waals surface area (Å²) in [5, 5.41) is 12.7. The highest BCUT2D eigenvalue weighted by Crippen LogP contribution is 2.09. The molecule has 6 nitrogen and oxygen atoms in total. The summed E-state index contributed by atoms with van der Waals surface area (Å²) >= 11 is 0. The molecule has 0 saturated carbocycles. The average molecular weight is 232 g/mol. The molecule has 0 aromatic rings. The second-order valence-corrected chi connectivity index (χ2v) is 4.00. The van der Waals surface area contributed by atoms with Gasteiger partial charge in [0.1, 0.15) is 0 Å². The minimum Gasteiger partial charge on any atom is -0.478 e. The third-order valence-electron chi connectivity index (χ3n) is 1.33. The van der Waals surface area contributed by atoms with Gasteiger partial charge in [0, 0.05) is 11.6 Å². The molecule has 0 bridgehead atoms. The van der Waals surface area contributed by atoms with Crippen molar-refractivity contribution in [3.05, 3.63) is 11.6 Å². The molecule has 0 rings (SSSR count). The summed E-state index contributed by atoms with van der Waals surface area (Å²) in [6.07, 6.45) is 0.993. The lowest BCUT2D eigenvalue weighted by atomic mass is 10.2. The van der Waals surface area contributed by atoms with Crippen LogP contribution >= 0.6 is 0 Å². The molecule has 0 aliphatic carbocycles. The van der Waals surface area contributed by atoms with Crippen molar-refractivity contribution in [3.63, 3.8) is 0 Å². The lowest BCUT2D eigenvalue weighted by molar-refractivity contribution is -0.513. The molecule has 0 amide bonds. The van der Waals surface area contributed by atoms with Gasteiger partial charge in [-0.1, -0.05) is 6.92 Å². The fourth-order valence-electron chi connectivity index (χ4n) is 0.658. The van der Waals surface area contributed by atoms with Crippen molar-refractivity contribution in [1.29, 1.82) is 0 Å².